The highest BCUT2D eigenvalue weighted by atomic mass is 35.5. The Morgan fingerprint density at radius 3 is 2.45 bits per heavy atom. The lowest BCUT2D eigenvalue weighted by Gasteiger charge is -2.32. The van der Waals surface area contributed by atoms with Gasteiger partial charge in [-0.25, -0.2) is 0 Å². The molecule has 2 aromatic carbocycles. The van der Waals surface area contributed by atoms with Crippen LogP contribution < -0.4 is 0 Å². The summed E-state index contributed by atoms with van der Waals surface area (Å²) in [7, 11) is 1.72. The zero-order valence-corrected chi connectivity index (χ0v) is 17.3. The zero-order valence-electron chi connectivity index (χ0n) is 16.5. The van der Waals surface area contributed by atoms with Crippen molar-refractivity contribution in [1.29, 1.82) is 0 Å². The van der Waals surface area contributed by atoms with Gasteiger partial charge in [0, 0.05) is 37.1 Å². The molecule has 2 heterocycles. The number of rotatable bonds is 3. The topological polar surface area (TPSA) is 57.7 Å². The Balaban J connectivity index is 1.55. The number of fused-ring (bicyclic) bond motifs is 2. The zero-order chi connectivity index (χ0) is 20.8. The molecule has 2 aromatic rings. The van der Waals surface area contributed by atoms with E-state index in [4.69, 9.17) is 11.6 Å². The summed E-state index contributed by atoms with van der Waals surface area (Å²) >= 11 is 5.91. The number of amides is 2. The Morgan fingerprint density at radius 2 is 1.76 bits per heavy atom. The van der Waals surface area contributed by atoms with E-state index in [-0.39, 0.29) is 23.6 Å². The van der Waals surface area contributed by atoms with E-state index in [0.29, 0.717) is 42.1 Å². The van der Waals surface area contributed by atoms with E-state index in [2.05, 4.69) is 0 Å². The lowest BCUT2D eigenvalue weighted by molar-refractivity contribution is -0.130. The van der Waals surface area contributed by atoms with Crippen molar-refractivity contribution < 1.29 is 14.4 Å². The van der Waals surface area contributed by atoms with Crippen LogP contribution in [0.2, 0.25) is 5.02 Å². The molecule has 2 amide bonds. The maximum atomic E-state index is 13.4. The van der Waals surface area contributed by atoms with Crippen molar-refractivity contribution in [3.05, 3.63) is 70.2 Å². The normalized spacial score (nSPS) is 23.6. The van der Waals surface area contributed by atoms with Crippen LogP contribution >= 0.6 is 11.6 Å². The Hall–Kier alpha value is -2.66. The van der Waals surface area contributed by atoms with E-state index in [1.165, 1.54) is 0 Å². The highest BCUT2D eigenvalue weighted by molar-refractivity contribution is 6.30. The SMILES string of the molecule is CN1C(=O)c2ccccc2C(=O)[C@@]2(C)CN(C(=O)CCc3ccc(Cl)cc3)C[C@@H]12. The molecule has 0 saturated carbocycles. The molecular formula is C23H23ClN2O3. The van der Waals surface area contributed by atoms with Gasteiger partial charge >= 0.3 is 0 Å². The van der Waals surface area contributed by atoms with Gasteiger partial charge in [0.15, 0.2) is 5.78 Å². The summed E-state index contributed by atoms with van der Waals surface area (Å²) in [5.41, 5.74) is 1.12. The van der Waals surface area contributed by atoms with Crippen LogP contribution in [0.3, 0.4) is 0 Å². The van der Waals surface area contributed by atoms with Crippen LogP contribution in [0.4, 0.5) is 0 Å². The first-order chi connectivity index (χ1) is 13.8. The first-order valence-electron chi connectivity index (χ1n) is 9.74. The molecule has 0 unspecified atom stereocenters. The minimum Gasteiger partial charge on any atom is -0.339 e. The standard InChI is InChI=1S/C23H23ClN2O3/c1-23-14-26(20(27)12-9-15-7-10-16(24)11-8-15)13-19(23)25(2)22(29)18-6-4-3-5-17(18)21(23)28/h3-8,10-11,19H,9,12-14H2,1-2H3/t19-,23+/m1/s1. The molecule has 0 aliphatic carbocycles. The maximum absolute atomic E-state index is 13.4. The van der Waals surface area contributed by atoms with E-state index < -0.39 is 5.41 Å². The highest BCUT2D eigenvalue weighted by Crippen LogP contribution is 2.40. The van der Waals surface area contributed by atoms with Gasteiger partial charge in [-0.2, -0.15) is 0 Å². The number of hydrogen-bond donors (Lipinski definition) is 0. The second kappa shape index (κ2) is 7.30. The molecule has 1 fully saturated rings. The van der Waals surface area contributed by atoms with Crippen molar-refractivity contribution in [2.45, 2.75) is 25.8 Å². The number of aryl methyl sites for hydroxylation is 1. The number of Topliss-reactive ketones (excluding diaryl/α,β-unsaturated/α-hetero) is 1. The number of ketones is 1. The summed E-state index contributed by atoms with van der Waals surface area (Å²) in [6, 6.07) is 14.1. The maximum Gasteiger partial charge on any atom is 0.254 e. The van der Waals surface area contributed by atoms with Gasteiger partial charge in [-0.15, -0.1) is 0 Å². The van der Waals surface area contributed by atoms with Gasteiger partial charge in [0.05, 0.1) is 17.0 Å². The predicted molar refractivity (Wildman–Crippen MR) is 111 cm³/mol. The average molecular weight is 411 g/mol. The molecule has 2 aliphatic rings. The number of likely N-dealkylation sites (tertiary alicyclic amines) is 1. The smallest absolute Gasteiger partial charge is 0.254 e. The van der Waals surface area contributed by atoms with Crippen LogP contribution in [-0.4, -0.2) is 53.6 Å². The Bertz CT molecular complexity index is 988. The van der Waals surface area contributed by atoms with Crippen LogP contribution in [0.5, 0.6) is 0 Å². The van der Waals surface area contributed by atoms with Crippen molar-refractivity contribution in [2.24, 2.45) is 5.41 Å². The largest absolute Gasteiger partial charge is 0.339 e. The van der Waals surface area contributed by atoms with Gasteiger partial charge < -0.3 is 9.80 Å². The van der Waals surface area contributed by atoms with Crippen LogP contribution in [0.1, 0.15) is 39.6 Å². The summed E-state index contributed by atoms with van der Waals surface area (Å²) in [6.45, 7) is 2.57. The van der Waals surface area contributed by atoms with E-state index in [9.17, 15) is 14.4 Å². The van der Waals surface area contributed by atoms with Crippen LogP contribution in [-0.2, 0) is 11.2 Å². The van der Waals surface area contributed by atoms with Gasteiger partial charge in [-0.05, 0) is 37.1 Å². The summed E-state index contributed by atoms with van der Waals surface area (Å²) in [5, 5.41) is 0.666. The molecule has 5 nitrogen and oxygen atoms in total. The third kappa shape index (κ3) is 3.33. The van der Waals surface area contributed by atoms with Crippen molar-refractivity contribution in [1.82, 2.24) is 9.80 Å². The summed E-state index contributed by atoms with van der Waals surface area (Å²) < 4.78 is 0. The van der Waals surface area contributed by atoms with Crippen molar-refractivity contribution >= 4 is 29.2 Å². The first kappa shape index (κ1) is 19.6. The van der Waals surface area contributed by atoms with Gasteiger partial charge in [0.2, 0.25) is 5.91 Å². The number of carbonyl (C=O) groups excluding carboxylic acids is 3. The van der Waals surface area contributed by atoms with Gasteiger partial charge in [-0.1, -0.05) is 41.9 Å². The molecule has 29 heavy (non-hydrogen) atoms. The Kier molecular flexibility index (Phi) is 4.95. The molecule has 2 atom stereocenters. The molecule has 0 spiro atoms. The monoisotopic (exact) mass is 410 g/mol. The molecule has 150 valence electrons. The van der Waals surface area contributed by atoms with Crippen molar-refractivity contribution in [3.8, 4) is 0 Å². The molecule has 2 aliphatic heterocycles. The minimum atomic E-state index is -0.813. The molecule has 0 N–H and O–H groups in total. The molecule has 0 radical (unpaired) electrons. The van der Waals surface area contributed by atoms with Gasteiger partial charge in [0.25, 0.3) is 5.91 Å². The van der Waals surface area contributed by atoms with Gasteiger partial charge in [0.1, 0.15) is 0 Å². The van der Waals surface area contributed by atoms with Crippen molar-refractivity contribution in [3.63, 3.8) is 0 Å². The third-order valence-electron chi connectivity index (χ3n) is 6.25. The molecular weight excluding hydrogens is 388 g/mol. The second-order valence-corrected chi connectivity index (χ2v) is 8.56. The number of benzene rings is 2. The fourth-order valence-electron chi connectivity index (χ4n) is 4.51. The molecule has 6 heteroatoms. The lowest BCUT2D eigenvalue weighted by Crippen LogP contribution is -2.48. The molecule has 1 saturated heterocycles. The molecule has 0 aromatic heterocycles. The predicted octanol–water partition coefficient (Wildman–Crippen LogP) is 3.46. The average Bonchev–Trinajstić information content (AvgIpc) is 3.08. The summed E-state index contributed by atoms with van der Waals surface area (Å²) in [6.07, 6.45) is 0.965. The van der Waals surface area contributed by atoms with Crippen LogP contribution in [0.25, 0.3) is 0 Å². The number of hydrogen-bond acceptors (Lipinski definition) is 3. The number of halogens is 1. The van der Waals surface area contributed by atoms with Gasteiger partial charge in [-0.3, -0.25) is 14.4 Å². The van der Waals surface area contributed by atoms with Crippen LogP contribution in [0.15, 0.2) is 48.5 Å². The lowest BCUT2D eigenvalue weighted by atomic mass is 9.78. The first-order valence-corrected chi connectivity index (χ1v) is 10.1. The number of likely N-dealkylation sites (N-methyl/N-ethyl adjacent to an activating group) is 1. The molecule has 0 bridgehead atoms. The van der Waals surface area contributed by atoms with E-state index in [0.717, 1.165) is 5.56 Å². The van der Waals surface area contributed by atoms with E-state index in [1.54, 1.807) is 41.1 Å². The number of nitrogens with zero attached hydrogens (tertiary/aromatic N) is 2. The Labute approximate surface area is 175 Å². The minimum absolute atomic E-state index is 0.00353. The number of carbonyl (C=O) groups is 3. The van der Waals surface area contributed by atoms with E-state index >= 15 is 0 Å². The molecule has 4 rings (SSSR count). The third-order valence-corrected chi connectivity index (χ3v) is 6.50. The quantitative estimate of drug-likeness (QED) is 0.778. The van der Waals surface area contributed by atoms with E-state index in [1.807, 2.05) is 31.2 Å². The fourth-order valence-corrected chi connectivity index (χ4v) is 4.63. The second-order valence-electron chi connectivity index (χ2n) is 8.12. The van der Waals surface area contributed by atoms with Crippen LogP contribution in [0, 0.1) is 5.41 Å². The summed E-state index contributed by atoms with van der Waals surface area (Å²) in [5.74, 6) is -0.238. The van der Waals surface area contributed by atoms with Crippen molar-refractivity contribution in [2.75, 3.05) is 20.1 Å². The summed E-state index contributed by atoms with van der Waals surface area (Å²) in [4.78, 5) is 42.6. The Morgan fingerprint density at radius 1 is 1.10 bits per heavy atom. The highest BCUT2D eigenvalue weighted by Gasteiger charge is 2.54. The fraction of sp³-hybridized carbons (Fsp3) is 0.348.